The van der Waals surface area contributed by atoms with Gasteiger partial charge in [0, 0.05) is 12.6 Å². The lowest BCUT2D eigenvalue weighted by Gasteiger charge is -2.36. The number of rotatable bonds is 10. The van der Waals surface area contributed by atoms with Crippen LogP contribution in [-0.4, -0.2) is 60.4 Å². The zero-order valence-electron chi connectivity index (χ0n) is 19.4. The maximum Gasteiger partial charge on any atom is 0.323 e. The second-order valence-corrected chi connectivity index (χ2v) is 11.7. The second kappa shape index (κ2) is 11.7. The molecular weight excluding hydrogens is 478 g/mol. The van der Waals surface area contributed by atoms with Crippen molar-refractivity contribution in [1.29, 1.82) is 0 Å². The Morgan fingerprint density at radius 1 is 1.21 bits per heavy atom. The number of benzene rings is 1. The van der Waals surface area contributed by atoms with Gasteiger partial charge in [0.25, 0.3) is 0 Å². The van der Waals surface area contributed by atoms with Crippen LogP contribution in [0.15, 0.2) is 34.7 Å². The molecule has 0 radical (unpaired) electrons. The van der Waals surface area contributed by atoms with Gasteiger partial charge >= 0.3 is 12.0 Å². The molecular formula is C23H31N3O6S2. The molecule has 0 atom stereocenters. The first-order chi connectivity index (χ1) is 16.2. The number of anilines is 1. The highest BCUT2D eigenvalue weighted by atomic mass is 32.2. The molecule has 9 nitrogen and oxygen atoms in total. The highest BCUT2D eigenvalue weighted by Gasteiger charge is 2.29. The van der Waals surface area contributed by atoms with E-state index in [2.05, 4.69) is 17.2 Å². The first kappa shape index (κ1) is 26.0. The van der Waals surface area contributed by atoms with E-state index >= 15 is 0 Å². The number of hydrogen-bond donors (Lipinski definition) is 2. The lowest BCUT2D eigenvalue weighted by Crippen LogP contribution is -2.45. The molecule has 0 spiro atoms. The van der Waals surface area contributed by atoms with Crippen molar-refractivity contribution in [2.75, 3.05) is 24.2 Å². The van der Waals surface area contributed by atoms with Crippen molar-refractivity contribution in [3.8, 4) is 5.75 Å². The Morgan fingerprint density at radius 2 is 1.88 bits per heavy atom. The predicted molar refractivity (Wildman–Crippen MR) is 130 cm³/mol. The number of aliphatic carboxylic acids is 1. The average Bonchev–Trinajstić information content (AvgIpc) is 3.25. The second-order valence-electron chi connectivity index (χ2n) is 8.50. The highest BCUT2D eigenvalue weighted by molar-refractivity contribution is 7.94. The summed E-state index contributed by atoms with van der Waals surface area (Å²) >= 11 is 0.760. The van der Waals surface area contributed by atoms with E-state index in [1.165, 1.54) is 0 Å². The lowest BCUT2D eigenvalue weighted by molar-refractivity contribution is -0.134. The van der Waals surface area contributed by atoms with Crippen LogP contribution in [0.3, 0.4) is 0 Å². The number of hydrogen-bond acceptors (Lipinski definition) is 7. The van der Waals surface area contributed by atoms with E-state index in [9.17, 15) is 18.0 Å². The Hall–Kier alpha value is -2.66. The van der Waals surface area contributed by atoms with Gasteiger partial charge in [-0.3, -0.25) is 10.1 Å². The number of nitrogens with zero attached hydrogens (tertiary/aromatic N) is 2. The van der Waals surface area contributed by atoms with Crippen LogP contribution in [0, 0.1) is 5.92 Å². The minimum Gasteiger partial charge on any atom is -0.494 e. The molecule has 1 aromatic carbocycles. The summed E-state index contributed by atoms with van der Waals surface area (Å²) < 4.78 is 29.6. The molecule has 1 aliphatic rings. The van der Waals surface area contributed by atoms with Gasteiger partial charge < -0.3 is 14.7 Å². The number of sulfone groups is 1. The summed E-state index contributed by atoms with van der Waals surface area (Å²) in [6, 6.07) is 7.58. The average molecular weight is 510 g/mol. The number of urea groups is 1. The smallest absolute Gasteiger partial charge is 0.323 e. The van der Waals surface area contributed by atoms with Crippen LogP contribution in [0.5, 0.6) is 5.75 Å². The number of carboxylic acids is 1. The van der Waals surface area contributed by atoms with Gasteiger partial charge in [-0.05, 0) is 62.6 Å². The lowest BCUT2D eigenvalue weighted by atomic mass is 9.86. The van der Waals surface area contributed by atoms with Crippen molar-refractivity contribution < 1.29 is 27.9 Å². The van der Waals surface area contributed by atoms with Crippen molar-refractivity contribution in [1.82, 2.24) is 9.88 Å². The van der Waals surface area contributed by atoms with Crippen LogP contribution < -0.4 is 10.1 Å². The zero-order valence-corrected chi connectivity index (χ0v) is 21.0. The van der Waals surface area contributed by atoms with Crippen molar-refractivity contribution >= 4 is 38.3 Å². The molecule has 1 heterocycles. The quantitative estimate of drug-likeness (QED) is 0.495. The maximum atomic E-state index is 13.2. The summed E-state index contributed by atoms with van der Waals surface area (Å²) in [5, 5.41) is 11.7. The monoisotopic (exact) mass is 509 g/mol. The fraction of sp³-hybridized carbons (Fsp3) is 0.522. The molecule has 1 aliphatic carbocycles. The molecule has 2 aromatic rings. The van der Waals surface area contributed by atoms with Gasteiger partial charge in [0.2, 0.25) is 0 Å². The third-order valence-electron chi connectivity index (χ3n) is 5.88. The Kier molecular flexibility index (Phi) is 8.90. The van der Waals surface area contributed by atoms with Crippen LogP contribution in [0.4, 0.5) is 9.93 Å². The van der Waals surface area contributed by atoms with Gasteiger partial charge in [0.05, 0.1) is 12.8 Å². The topological polar surface area (TPSA) is 126 Å². The Bertz CT molecular complexity index is 1080. The summed E-state index contributed by atoms with van der Waals surface area (Å²) in [7, 11) is -3.99. The molecule has 1 fully saturated rings. The van der Waals surface area contributed by atoms with E-state index < -0.39 is 21.6 Å². The van der Waals surface area contributed by atoms with Gasteiger partial charge in [0.1, 0.15) is 9.96 Å². The summed E-state index contributed by atoms with van der Waals surface area (Å²) in [4.78, 5) is 29.8. The third kappa shape index (κ3) is 7.17. The zero-order chi connectivity index (χ0) is 24.7. The fourth-order valence-electron chi connectivity index (χ4n) is 4.03. The molecule has 1 saturated carbocycles. The summed E-state index contributed by atoms with van der Waals surface area (Å²) in [6.07, 6.45) is 5.67. The Labute approximate surface area is 204 Å². The SMILES string of the molecule is CCOc1ccc(CCN(C(=O)Nc2ncc(S(=O)(=O)CC(=O)O)s2)C2CCC(C)CC2)cc1. The number of thiazole rings is 1. The fourth-order valence-corrected chi connectivity index (χ4v) is 6.17. The maximum absolute atomic E-state index is 13.2. The minimum absolute atomic E-state index is 0.0917. The van der Waals surface area contributed by atoms with Crippen LogP contribution in [0.25, 0.3) is 0 Å². The van der Waals surface area contributed by atoms with E-state index in [1.54, 1.807) is 0 Å². The molecule has 186 valence electrons. The van der Waals surface area contributed by atoms with Crippen LogP contribution in [0.2, 0.25) is 0 Å². The van der Waals surface area contributed by atoms with Crippen LogP contribution >= 0.6 is 11.3 Å². The van der Waals surface area contributed by atoms with Crippen LogP contribution in [-0.2, 0) is 21.1 Å². The molecule has 2 amide bonds. The predicted octanol–water partition coefficient (Wildman–Crippen LogP) is 4.06. The molecule has 34 heavy (non-hydrogen) atoms. The Balaban J connectivity index is 1.70. The molecule has 11 heteroatoms. The third-order valence-corrected chi connectivity index (χ3v) is 8.95. The van der Waals surface area contributed by atoms with Crippen molar-refractivity contribution in [3.05, 3.63) is 36.0 Å². The van der Waals surface area contributed by atoms with E-state index in [1.807, 2.05) is 36.1 Å². The summed E-state index contributed by atoms with van der Waals surface area (Å²) in [5.41, 5.74) is 1.08. The minimum atomic E-state index is -3.99. The number of carboxylic acid groups (broad SMARTS) is 1. The first-order valence-electron chi connectivity index (χ1n) is 11.4. The standard InChI is InChI=1S/C23H31N3O6S2/c1-3-32-19-10-6-17(7-11-19)12-13-26(18-8-4-16(2)5-9-18)23(29)25-22-24-14-21(33-22)34(30,31)15-20(27)28/h6-7,10-11,14,16,18H,3-5,8-9,12-13,15H2,1-2H3,(H,27,28)(H,24,25,29). The summed E-state index contributed by atoms with van der Waals surface area (Å²) in [6.45, 7) is 5.26. The van der Waals surface area contributed by atoms with Crippen molar-refractivity contribution in [2.45, 2.75) is 56.2 Å². The number of aromatic nitrogens is 1. The molecule has 0 aliphatic heterocycles. The number of carbonyl (C=O) groups is 2. The Morgan fingerprint density at radius 3 is 2.50 bits per heavy atom. The normalized spacial score (nSPS) is 18.3. The number of nitrogens with one attached hydrogen (secondary N) is 1. The van der Waals surface area contributed by atoms with Gasteiger partial charge in [-0.15, -0.1) is 0 Å². The molecule has 0 bridgehead atoms. The highest BCUT2D eigenvalue weighted by Crippen LogP contribution is 2.29. The van der Waals surface area contributed by atoms with Gasteiger partial charge in [-0.1, -0.05) is 30.4 Å². The number of ether oxygens (including phenoxy) is 1. The van der Waals surface area contributed by atoms with E-state index in [4.69, 9.17) is 9.84 Å². The summed E-state index contributed by atoms with van der Waals surface area (Å²) in [5.74, 6) is -1.02. The van der Waals surface area contributed by atoms with Gasteiger partial charge in [-0.2, -0.15) is 0 Å². The van der Waals surface area contributed by atoms with Crippen LogP contribution in [0.1, 0.15) is 45.1 Å². The first-order valence-corrected chi connectivity index (χ1v) is 13.8. The van der Waals surface area contributed by atoms with Gasteiger partial charge in [-0.25, -0.2) is 18.2 Å². The van der Waals surface area contributed by atoms with Gasteiger partial charge in [0.15, 0.2) is 20.7 Å². The molecule has 1 aromatic heterocycles. The molecule has 2 N–H and O–H groups in total. The van der Waals surface area contributed by atoms with E-state index in [0.29, 0.717) is 25.5 Å². The number of carbonyl (C=O) groups excluding carboxylic acids is 1. The van der Waals surface area contributed by atoms with Crippen molar-refractivity contribution in [2.24, 2.45) is 5.92 Å². The molecule has 3 rings (SSSR count). The molecule has 0 saturated heterocycles. The largest absolute Gasteiger partial charge is 0.494 e. The van der Waals surface area contributed by atoms with E-state index in [0.717, 1.165) is 54.5 Å². The molecule has 0 unspecified atom stereocenters. The van der Waals surface area contributed by atoms with Crippen molar-refractivity contribution in [3.63, 3.8) is 0 Å². The number of amides is 2. The van der Waals surface area contributed by atoms with E-state index in [-0.39, 0.29) is 21.4 Å².